The number of aromatic carboxylic acids is 1. The number of carbonyl (C=O) groups is 1. The van der Waals surface area contributed by atoms with E-state index in [0.29, 0.717) is 18.7 Å². The third kappa shape index (κ3) is 3.06. The largest absolute Gasteiger partial charge is 0.492 e. The normalized spacial score (nSPS) is 14.9. The molecule has 1 aliphatic rings. The van der Waals surface area contributed by atoms with E-state index in [0.717, 1.165) is 30.0 Å². The van der Waals surface area contributed by atoms with Crippen molar-refractivity contribution in [3.05, 3.63) is 65.2 Å². The Labute approximate surface area is 123 Å². The molecular weight excluding hydrogens is 266 g/mol. The number of hydrogen-bond acceptors (Lipinski definition) is 3. The van der Waals surface area contributed by atoms with E-state index < -0.39 is 5.97 Å². The molecule has 0 aliphatic carbocycles. The molecule has 2 aromatic carbocycles. The Bertz CT molecular complexity index is 654. The zero-order chi connectivity index (χ0) is 14.7. The van der Waals surface area contributed by atoms with Gasteiger partial charge in [0.05, 0.1) is 5.56 Å². The number of para-hydroxylation sites is 1. The SMILES string of the molecule is O=C(O)c1ccccc1CN1CCOc2ccccc2C1. The molecule has 1 N–H and O–H groups in total. The van der Waals surface area contributed by atoms with Crippen LogP contribution in [0.25, 0.3) is 0 Å². The quantitative estimate of drug-likeness (QED) is 0.941. The maximum absolute atomic E-state index is 11.3. The third-order valence-electron chi connectivity index (χ3n) is 3.67. The number of nitrogens with zero attached hydrogens (tertiary/aromatic N) is 1. The van der Waals surface area contributed by atoms with Crippen LogP contribution in [0.3, 0.4) is 0 Å². The molecule has 0 fully saturated rings. The summed E-state index contributed by atoms with van der Waals surface area (Å²) in [5.74, 6) is 0.0450. The number of fused-ring (bicyclic) bond motifs is 1. The molecule has 0 spiro atoms. The molecule has 0 aromatic heterocycles. The van der Waals surface area contributed by atoms with Gasteiger partial charge in [-0.2, -0.15) is 0 Å². The minimum absolute atomic E-state index is 0.371. The monoisotopic (exact) mass is 283 g/mol. The zero-order valence-electron chi connectivity index (χ0n) is 11.7. The fraction of sp³-hybridized carbons (Fsp3) is 0.235. The van der Waals surface area contributed by atoms with Crippen LogP contribution in [0.2, 0.25) is 0 Å². The maximum Gasteiger partial charge on any atom is 0.336 e. The van der Waals surface area contributed by atoms with Crippen LogP contribution in [0.1, 0.15) is 21.5 Å². The summed E-state index contributed by atoms with van der Waals surface area (Å²) < 4.78 is 5.74. The lowest BCUT2D eigenvalue weighted by atomic mass is 10.1. The first-order chi connectivity index (χ1) is 10.2. The van der Waals surface area contributed by atoms with Crippen molar-refractivity contribution in [2.24, 2.45) is 0 Å². The number of benzene rings is 2. The van der Waals surface area contributed by atoms with Crippen molar-refractivity contribution in [3.8, 4) is 5.75 Å². The molecule has 0 atom stereocenters. The van der Waals surface area contributed by atoms with Gasteiger partial charge in [0.1, 0.15) is 12.4 Å². The van der Waals surface area contributed by atoms with Gasteiger partial charge in [-0.15, -0.1) is 0 Å². The Kier molecular flexibility index (Phi) is 3.88. The second-order valence-electron chi connectivity index (χ2n) is 5.13. The smallest absolute Gasteiger partial charge is 0.336 e. The van der Waals surface area contributed by atoms with Crippen molar-refractivity contribution >= 4 is 5.97 Å². The van der Waals surface area contributed by atoms with Crippen LogP contribution in [-0.2, 0) is 13.1 Å². The topological polar surface area (TPSA) is 49.8 Å². The molecule has 0 saturated heterocycles. The highest BCUT2D eigenvalue weighted by atomic mass is 16.5. The lowest BCUT2D eigenvalue weighted by Gasteiger charge is -2.20. The van der Waals surface area contributed by atoms with Gasteiger partial charge < -0.3 is 9.84 Å². The first-order valence-corrected chi connectivity index (χ1v) is 6.98. The highest BCUT2D eigenvalue weighted by Crippen LogP contribution is 2.23. The lowest BCUT2D eigenvalue weighted by molar-refractivity contribution is 0.0694. The molecule has 4 heteroatoms. The van der Waals surface area contributed by atoms with Crippen LogP contribution < -0.4 is 4.74 Å². The molecule has 0 bridgehead atoms. The second-order valence-corrected chi connectivity index (χ2v) is 5.13. The predicted molar refractivity (Wildman–Crippen MR) is 79.5 cm³/mol. The minimum atomic E-state index is -0.878. The Morgan fingerprint density at radius 3 is 2.76 bits per heavy atom. The van der Waals surface area contributed by atoms with Crippen molar-refractivity contribution in [1.29, 1.82) is 0 Å². The van der Waals surface area contributed by atoms with Crippen LogP contribution >= 0.6 is 0 Å². The first-order valence-electron chi connectivity index (χ1n) is 6.98. The van der Waals surface area contributed by atoms with E-state index in [2.05, 4.69) is 11.0 Å². The van der Waals surface area contributed by atoms with Gasteiger partial charge >= 0.3 is 5.97 Å². The Hall–Kier alpha value is -2.33. The predicted octanol–water partition coefficient (Wildman–Crippen LogP) is 2.78. The molecule has 1 heterocycles. The standard InChI is InChI=1S/C17H17NO3/c19-17(20)15-7-3-1-5-13(15)11-18-9-10-21-16-8-4-2-6-14(16)12-18/h1-8H,9-12H2,(H,19,20). The van der Waals surface area contributed by atoms with Crippen LogP contribution in [0.5, 0.6) is 5.75 Å². The van der Waals surface area contributed by atoms with Gasteiger partial charge in [0.25, 0.3) is 0 Å². The van der Waals surface area contributed by atoms with Gasteiger partial charge in [-0.05, 0) is 17.7 Å². The van der Waals surface area contributed by atoms with Crippen LogP contribution in [-0.4, -0.2) is 29.1 Å². The summed E-state index contributed by atoms with van der Waals surface area (Å²) >= 11 is 0. The molecular formula is C17H17NO3. The fourth-order valence-corrected chi connectivity index (χ4v) is 2.62. The van der Waals surface area contributed by atoms with Gasteiger partial charge in [0, 0.05) is 25.2 Å². The Balaban J connectivity index is 1.81. The molecule has 0 saturated carbocycles. The van der Waals surface area contributed by atoms with E-state index in [1.807, 2.05) is 30.3 Å². The number of rotatable bonds is 3. The molecule has 0 amide bonds. The van der Waals surface area contributed by atoms with E-state index in [4.69, 9.17) is 4.74 Å². The summed E-state index contributed by atoms with van der Waals surface area (Å²) in [6.45, 7) is 2.78. The lowest BCUT2D eigenvalue weighted by Crippen LogP contribution is -2.26. The van der Waals surface area contributed by atoms with E-state index in [-0.39, 0.29) is 0 Å². The maximum atomic E-state index is 11.3. The van der Waals surface area contributed by atoms with Crippen molar-refractivity contribution in [2.75, 3.05) is 13.2 Å². The first kappa shape index (κ1) is 13.6. The van der Waals surface area contributed by atoms with Crippen molar-refractivity contribution in [1.82, 2.24) is 4.90 Å². The van der Waals surface area contributed by atoms with Crippen molar-refractivity contribution < 1.29 is 14.6 Å². The summed E-state index contributed by atoms with van der Waals surface area (Å²) in [5.41, 5.74) is 2.35. The summed E-state index contributed by atoms with van der Waals surface area (Å²) in [4.78, 5) is 13.5. The molecule has 4 nitrogen and oxygen atoms in total. The molecule has 3 rings (SSSR count). The van der Waals surface area contributed by atoms with Crippen molar-refractivity contribution in [2.45, 2.75) is 13.1 Å². The summed E-state index contributed by atoms with van der Waals surface area (Å²) in [7, 11) is 0. The molecule has 21 heavy (non-hydrogen) atoms. The summed E-state index contributed by atoms with van der Waals surface area (Å²) in [6, 6.07) is 15.2. The average molecular weight is 283 g/mol. The van der Waals surface area contributed by atoms with Crippen molar-refractivity contribution in [3.63, 3.8) is 0 Å². The molecule has 108 valence electrons. The number of ether oxygens (including phenoxy) is 1. The van der Waals surface area contributed by atoms with Gasteiger partial charge in [0.2, 0.25) is 0 Å². The van der Waals surface area contributed by atoms with E-state index in [1.54, 1.807) is 12.1 Å². The Morgan fingerprint density at radius 2 is 1.90 bits per heavy atom. The average Bonchev–Trinajstić information content (AvgIpc) is 2.69. The van der Waals surface area contributed by atoms with Gasteiger partial charge in [-0.1, -0.05) is 36.4 Å². The minimum Gasteiger partial charge on any atom is -0.492 e. The van der Waals surface area contributed by atoms with E-state index >= 15 is 0 Å². The highest BCUT2D eigenvalue weighted by Gasteiger charge is 2.17. The third-order valence-corrected chi connectivity index (χ3v) is 3.67. The molecule has 2 aromatic rings. The van der Waals surface area contributed by atoms with E-state index in [9.17, 15) is 9.90 Å². The van der Waals surface area contributed by atoms with E-state index in [1.165, 1.54) is 0 Å². The summed E-state index contributed by atoms with van der Waals surface area (Å²) in [5, 5.41) is 9.27. The molecule has 1 aliphatic heterocycles. The fourth-order valence-electron chi connectivity index (χ4n) is 2.62. The van der Waals surface area contributed by atoms with Gasteiger partial charge in [-0.3, -0.25) is 4.90 Å². The van der Waals surface area contributed by atoms with Crippen LogP contribution in [0, 0.1) is 0 Å². The summed E-state index contributed by atoms with van der Waals surface area (Å²) in [6.07, 6.45) is 0. The number of carboxylic acids is 1. The Morgan fingerprint density at radius 1 is 1.14 bits per heavy atom. The second kappa shape index (κ2) is 5.97. The van der Waals surface area contributed by atoms with Crippen LogP contribution in [0.4, 0.5) is 0 Å². The number of carboxylic acid groups (broad SMARTS) is 1. The van der Waals surface area contributed by atoms with Gasteiger partial charge in [0.15, 0.2) is 0 Å². The van der Waals surface area contributed by atoms with Crippen LogP contribution in [0.15, 0.2) is 48.5 Å². The molecule has 0 radical (unpaired) electrons. The van der Waals surface area contributed by atoms with Gasteiger partial charge in [-0.25, -0.2) is 4.79 Å². The molecule has 0 unspecified atom stereocenters. The number of hydrogen-bond donors (Lipinski definition) is 1. The zero-order valence-corrected chi connectivity index (χ0v) is 11.7. The highest BCUT2D eigenvalue weighted by molar-refractivity contribution is 5.89.